The molecule has 0 atom stereocenters. The molecule has 1 aliphatic heterocycles. The molecule has 3 rings (SSSR count). The number of carbonyl (C=O) groups excluding carboxylic acids is 1. The molecule has 0 spiro atoms. The normalized spacial score (nSPS) is 16.4. The van der Waals surface area contributed by atoms with Crippen LogP contribution in [-0.4, -0.2) is 62.3 Å². The van der Waals surface area contributed by atoms with Gasteiger partial charge in [0, 0.05) is 32.7 Å². The summed E-state index contributed by atoms with van der Waals surface area (Å²) in [5, 5.41) is 4.33. The molecule has 1 aliphatic rings. The summed E-state index contributed by atoms with van der Waals surface area (Å²) in [6.45, 7) is 11.4. The smallest absolute Gasteiger partial charge is 0.410 e. The van der Waals surface area contributed by atoms with Crippen molar-refractivity contribution in [3.05, 3.63) is 23.7 Å². The van der Waals surface area contributed by atoms with Crippen LogP contribution in [0.1, 0.15) is 32.0 Å². The second-order valence-corrected chi connectivity index (χ2v) is 7.46. The SMILES string of the molecule is Cc1cc2c(N)ncnn2c1CN1CCN(C(=O)OC(C)(C)C)CC1. The number of nitrogen functional groups attached to an aromatic ring is 1. The number of ether oxygens (including phenoxy) is 1. The van der Waals surface area contributed by atoms with Gasteiger partial charge in [-0.1, -0.05) is 0 Å². The van der Waals surface area contributed by atoms with E-state index in [0.29, 0.717) is 18.9 Å². The van der Waals surface area contributed by atoms with Crippen molar-refractivity contribution in [1.29, 1.82) is 0 Å². The van der Waals surface area contributed by atoms with Crippen molar-refractivity contribution in [1.82, 2.24) is 24.4 Å². The van der Waals surface area contributed by atoms with Crippen LogP contribution >= 0.6 is 0 Å². The standard InChI is InChI=1S/C17H26N6O2/c1-12-9-13-15(18)19-11-20-23(13)14(12)10-21-5-7-22(8-6-21)16(24)25-17(2,3)4/h9,11H,5-8,10H2,1-4H3,(H2,18,19,20). The van der Waals surface area contributed by atoms with E-state index in [-0.39, 0.29) is 6.09 Å². The third-order valence-corrected chi connectivity index (χ3v) is 4.32. The lowest BCUT2D eigenvalue weighted by Crippen LogP contribution is -2.49. The predicted octanol–water partition coefficient (Wildman–Crippen LogP) is 1.67. The average molecular weight is 346 g/mol. The Kier molecular flexibility index (Phi) is 4.55. The van der Waals surface area contributed by atoms with E-state index >= 15 is 0 Å². The van der Waals surface area contributed by atoms with Gasteiger partial charge >= 0.3 is 6.09 Å². The number of carbonyl (C=O) groups is 1. The van der Waals surface area contributed by atoms with Crippen molar-refractivity contribution >= 4 is 17.4 Å². The zero-order valence-corrected chi connectivity index (χ0v) is 15.3. The van der Waals surface area contributed by atoms with Crippen LogP contribution in [0.5, 0.6) is 0 Å². The van der Waals surface area contributed by atoms with Gasteiger partial charge in [-0.05, 0) is 39.3 Å². The van der Waals surface area contributed by atoms with E-state index in [0.717, 1.165) is 36.4 Å². The number of nitrogens with zero attached hydrogens (tertiary/aromatic N) is 5. The Bertz CT molecular complexity index is 771. The van der Waals surface area contributed by atoms with Gasteiger partial charge in [-0.3, -0.25) is 4.90 Å². The maximum absolute atomic E-state index is 12.2. The van der Waals surface area contributed by atoms with Gasteiger partial charge in [0.25, 0.3) is 0 Å². The first kappa shape index (κ1) is 17.5. The first-order chi connectivity index (χ1) is 11.7. The number of nitrogens with two attached hydrogens (primary N) is 1. The van der Waals surface area contributed by atoms with E-state index in [4.69, 9.17) is 10.5 Å². The zero-order valence-electron chi connectivity index (χ0n) is 15.3. The summed E-state index contributed by atoms with van der Waals surface area (Å²) in [5.74, 6) is 0.485. The molecule has 136 valence electrons. The highest BCUT2D eigenvalue weighted by Crippen LogP contribution is 2.20. The van der Waals surface area contributed by atoms with Gasteiger partial charge in [-0.2, -0.15) is 5.10 Å². The van der Waals surface area contributed by atoms with Crippen LogP contribution in [0.4, 0.5) is 10.6 Å². The van der Waals surface area contributed by atoms with Crippen LogP contribution in [-0.2, 0) is 11.3 Å². The van der Waals surface area contributed by atoms with Crippen molar-refractivity contribution < 1.29 is 9.53 Å². The molecular formula is C17H26N6O2. The van der Waals surface area contributed by atoms with E-state index in [1.165, 1.54) is 6.33 Å². The molecule has 25 heavy (non-hydrogen) atoms. The van der Waals surface area contributed by atoms with Crippen molar-refractivity contribution in [2.24, 2.45) is 0 Å². The average Bonchev–Trinajstić information content (AvgIpc) is 2.84. The number of aryl methyl sites for hydroxylation is 1. The molecule has 8 heteroatoms. The summed E-state index contributed by atoms with van der Waals surface area (Å²) in [4.78, 5) is 20.3. The van der Waals surface area contributed by atoms with E-state index < -0.39 is 5.60 Å². The molecule has 1 fully saturated rings. The fourth-order valence-corrected chi connectivity index (χ4v) is 3.00. The summed E-state index contributed by atoms with van der Waals surface area (Å²) in [5.41, 5.74) is 8.55. The minimum Gasteiger partial charge on any atom is -0.444 e. The lowest BCUT2D eigenvalue weighted by molar-refractivity contribution is 0.0137. The van der Waals surface area contributed by atoms with Gasteiger partial charge in [-0.15, -0.1) is 0 Å². The Morgan fingerprint density at radius 2 is 1.96 bits per heavy atom. The van der Waals surface area contributed by atoms with Crippen molar-refractivity contribution in [3.8, 4) is 0 Å². The van der Waals surface area contributed by atoms with E-state index in [1.807, 2.05) is 31.4 Å². The zero-order chi connectivity index (χ0) is 18.2. The van der Waals surface area contributed by atoms with Crippen LogP contribution in [0.15, 0.2) is 12.4 Å². The van der Waals surface area contributed by atoms with Crippen LogP contribution in [0.2, 0.25) is 0 Å². The maximum Gasteiger partial charge on any atom is 0.410 e. The number of amides is 1. The molecule has 8 nitrogen and oxygen atoms in total. The molecule has 3 heterocycles. The predicted molar refractivity (Wildman–Crippen MR) is 95.2 cm³/mol. The topological polar surface area (TPSA) is 89.0 Å². The molecule has 0 radical (unpaired) electrons. The summed E-state index contributed by atoms with van der Waals surface area (Å²) >= 11 is 0. The molecule has 1 saturated heterocycles. The van der Waals surface area contributed by atoms with Crippen molar-refractivity contribution in [3.63, 3.8) is 0 Å². The highest BCUT2D eigenvalue weighted by molar-refractivity contribution is 5.68. The van der Waals surface area contributed by atoms with Gasteiger partial charge < -0.3 is 15.4 Å². The van der Waals surface area contributed by atoms with Gasteiger partial charge in [0.15, 0.2) is 5.82 Å². The molecule has 2 N–H and O–H groups in total. The highest BCUT2D eigenvalue weighted by Gasteiger charge is 2.26. The first-order valence-electron chi connectivity index (χ1n) is 8.52. The van der Waals surface area contributed by atoms with E-state index in [9.17, 15) is 4.79 Å². The molecular weight excluding hydrogens is 320 g/mol. The quantitative estimate of drug-likeness (QED) is 0.890. The fourth-order valence-electron chi connectivity index (χ4n) is 3.00. The molecule has 0 aliphatic carbocycles. The van der Waals surface area contributed by atoms with E-state index in [2.05, 4.69) is 21.9 Å². The van der Waals surface area contributed by atoms with Gasteiger partial charge in [0.1, 0.15) is 17.4 Å². The van der Waals surface area contributed by atoms with Crippen molar-refractivity contribution in [2.45, 2.75) is 39.8 Å². The van der Waals surface area contributed by atoms with Gasteiger partial charge in [-0.25, -0.2) is 14.3 Å². The second-order valence-electron chi connectivity index (χ2n) is 7.46. The maximum atomic E-state index is 12.2. The Morgan fingerprint density at radius 3 is 2.60 bits per heavy atom. The minimum absolute atomic E-state index is 0.239. The third kappa shape index (κ3) is 3.84. The highest BCUT2D eigenvalue weighted by atomic mass is 16.6. The molecule has 2 aromatic heterocycles. The monoisotopic (exact) mass is 346 g/mol. The van der Waals surface area contributed by atoms with Crippen molar-refractivity contribution in [2.75, 3.05) is 31.9 Å². The van der Waals surface area contributed by atoms with Gasteiger partial charge in [0.2, 0.25) is 0 Å². The fraction of sp³-hybridized carbons (Fsp3) is 0.588. The van der Waals surface area contributed by atoms with Gasteiger partial charge in [0.05, 0.1) is 5.69 Å². The molecule has 2 aromatic rings. The third-order valence-electron chi connectivity index (χ3n) is 4.32. The molecule has 1 amide bonds. The number of anilines is 1. The molecule has 0 saturated carbocycles. The molecule has 0 aromatic carbocycles. The number of fused-ring (bicyclic) bond motifs is 1. The largest absolute Gasteiger partial charge is 0.444 e. The number of hydrogen-bond acceptors (Lipinski definition) is 6. The second kappa shape index (κ2) is 6.51. The number of rotatable bonds is 2. The summed E-state index contributed by atoms with van der Waals surface area (Å²) in [7, 11) is 0. The lowest BCUT2D eigenvalue weighted by atomic mass is 10.2. The molecule has 0 bridgehead atoms. The minimum atomic E-state index is -0.462. The summed E-state index contributed by atoms with van der Waals surface area (Å²) in [6, 6.07) is 2.02. The number of aromatic nitrogens is 3. The Balaban J connectivity index is 1.64. The Hall–Kier alpha value is -2.35. The summed E-state index contributed by atoms with van der Waals surface area (Å²) in [6.07, 6.45) is 1.24. The number of hydrogen-bond donors (Lipinski definition) is 1. The summed E-state index contributed by atoms with van der Waals surface area (Å²) < 4.78 is 7.30. The number of piperazine rings is 1. The first-order valence-corrected chi connectivity index (χ1v) is 8.52. The van der Waals surface area contributed by atoms with Crippen LogP contribution in [0, 0.1) is 6.92 Å². The Labute approximate surface area is 147 Å². The van der Waals surface area contributed by atoms with Crippen LogP contribution in [0.25, 0.3) is 5.52 Å². The lowest BCUT2D eigenvalue weighted by Gasteiger charge is -2.35. The molecule has 0 unspecified atom stereocenters. The van der Waals surface area contributed by atoms with Crippen LogP contribution < -0.4 is 5.73 Å². The van der Waals surface area contributed by atoms with E-state index in [1.54, 1.807) is 4.90 Å². The Morgan fingerprint density at radius 1 is 1.28 bits per heavy atom. The van der Waals surface area contributed by atoms with Crippen LogP contribution in [0.3, 0.4) is 0 Å².